The molecule has 148 valence electrons. The van der Waals surface area contributed by atoms with Crippen LogP contribution in [0.4, 0.5) is 5.69 Å². The zero-order valence-electron chi connectivity index (χ0n) is 16.7. The number of aromatic nitrogens is 3. The number of thiazole rings is 1. The largest absolute Gasteiger partial charge is 0.460 e. The number of pyridine rings is 1. The van der Waals surface area contributed by atoms with Crippen molar-refractivity contribution in [3.05, 3.63) is 29.5 Å². The highest BCUT2D eigenvalue weighted by molar-refractivity contribution is 7.13. The number of hydrogen-bond donors (Lipinski definition) is 2. The van der Waals surface area contributed by atoms with E-state index >= 15 is 0 Å². The smallest absolute Gasteiger partial charge is 0.306 e. The number of anilines is 1. The van der Waals surface area contributed by atoms with E-state index in [-0.39, 0.29) is 5.97 Å². The fourth-order valence-corrected chi connectivity index (χ4v) is 4.46. The summed E-state index contributed by atoms with van der Waals surface area (Å²) in [5, 5.41) is 7.79. The Morgan fingerprint density at radius 2 is 2.18 bits per heavy atom. The molecule has 0 atom stereocenters. The summed E-state index contributed by atoms with van der Waals surface area (Å²) in [5.74, 6) is 0.272. The van der Waals surface area contributed by atoms with Gasteiger partial charge >= 0.3 is 5.97 Å². The third-order valence-electron chi connectivity index (χ3n) is 4.90. The fraction of sp³-hybridized carbons (Fsp3) is 0.476. The lowest BCUT2D eigenvalue weighted by atomic mass is 9.78. The predicted molar refractivity (Wildman–Crippen MR) is 113 cm³/mol. The maximum atomic E-state index is 12.0. The molecule has 1 aliphatic carbocycles. The van der Waals surface area contributed by atoms with Gasteiger partial charge in [0.15, 0.2) is 0 Å². The summed E-state index contributed by atoms with van der Waals surface area (Å²) < 4.78 is 5.45. The molecule has 3 aromatic heterocycles. The SMILES string of the molecule is Cc1csc(-c2cnc3[nH]ccc3c2NC2CC(CC(=O)OC(C)(C)C)C2)n1. The summed E-state index contributed by atoms with van der Waals surface area (Å²) in [6, 6.07) is 2.39. The van der Waals surface area contributed by atoms with Crippen LogP contribution in [0, 0.1) is 12.8 Å². The van der Waals surface area contributed by atoms with Crippen LogP contribution in [0.1, 0.15) is 45.7 Å². The molecule has 3 aromatic rings. The number of carbonyl (C=O) groups is 1. The Morgan fingerprint density at radius 3 is 2.86 bits per heavy atom. The first-order valence-corrected chi connectivity index (χ1v) is 10.5. The average molecular weight is 399 g/mol. The van der Waals surface area contributed by atoms with Crippen LogP contribution < -0.4 is 5.32 Å². The summed E-state index contributed by atoms with van der Waals surface area (Å²) in [4.78, 5) is 24.4. The third-order valence-corrected chi connectivity index (χ3v) is 5.89. The van der Waals surface area contributed by atoms with Gasteiger partial charge in [0.2, 0.25) is 0 Å². The molecule has 0 aliphatic heterocycles. The Labute approximate surface area is 168 Å². The predicted octanol–water partition coefficient (Wildman–Crippen LogP) is 4.92. The maximum absolute atomic E-state index is 12.0. The summed E-state index contributed by atoms with van der Waals surface area (Å²) in [6.45, 7) is 7.72. The first-order valence-electron chi connectivity index (χ1n) is 9.65. The van der Waals surface area contributed by atoms with Crippen LogP contribution in [0.15, 0.2) is 23.8 Å². The normalized spacial score (nSPS) is 19.4. The van der Waals surface area contributed by atoms with Crippen molar-refractivity contribution in [1.82, 2.24) is 15.0 Å². The van der Waals surface area contributed by atoms with Gasteiger partial charge in [-0.1, -0.05) is 0 Å². The minimum atomic E-state index is -0.420. The van der Waals surface area contributed by atoms with Crippen LogP contribution in [0.5, 0.6) is 0 Å². The lowest BCUT2D eigenvalue weighted by Gasteiger charge is -2.37. The molecule has 0 radical (unpaired) electrons. The number of aromatic amines is 1. The van der Waals surface area contributed by atoms with E-state index in [0.717, 1.165) is 45.8 Å². The van der Waals surface area contributed by atoms with E-state index in [0.29, 0.717) is 18.4 Å². The third kappa shape index (κ3) is 4.04. The zero-order valence-corrected chi connectivity index (χ0v) is 17.5. The van der Waals surface area contributed by atoms with E-state index < -0.39 is 5.60 Å². The number of H-pyrrole nitrogens is 1. The Bertz CT molecular complexity index is 995. The molecule has 1 aliphatic rings. The summed E-state index contributed by atoms with van der Waals surface area (Å²) in [6.07, 6.45) is 6.21. The van der Waals surface area contributed by atoms with E-state index in [1.807, 2.05) is 46.2 Å². The number of hydrogen-bond acceptors (Lipinski definition) is 6. The highest BCUT2D eigenvalue weighted by atomic mass is 32.1. The molecule has 28 heavy (non-hydrogen) atoms. The molecule has 0 bridgehead atoms. The molecular weight excluding hydrogens is 372 g/mol. The van der Waals surface area contributed by atoms with Gasteiger partial charge in [0.25, 0.3) is 0 Å². The molecular formula is C21H26N4O2S. The molecule has 0 unspecified atom stereocenters. The molecule has 0 aromatic carbocycles. The second kappa shape index (κ2) is 7.20. The first kappa shape index (κ1) is 18.9. The number of aryl methyl sites for hydroxylation is 1. The minimum Gasteiger partial charge on any atom is -0.460 e. The van der Waals surface area contributed by atoms with E-state index in [4.69, 9.17) is 4.74 Å². The van der Waals surface area contributed by atoms with Crippen molar-refractivity contribution in [2.75, 3.05) is 5.32 Å². The zero-order chi connectivity index (χ0) is 19.9. The highest BCUT2D eigenvalue weighted by Gasteiger charge is 2.33. The van der Waals surface area contributed by atoms with E-state index in [9.17, 15) is 4.79 Å². The number of ether oxygens (including phenoxy) is 1. The van der Waals surface area contributed by atoms with Gasteiger partial charge in [-0.3, -0.25) is 4.79 Å². The molecule has 7 heteroatoms. The molecule has 0 amide bonds. The molecule has 4 rings (SSSR count). The Morgan fingerprint density at radius 1 is 1.39 bits per heavy atom. The minimum absolute atomic E-state index is 0.105. The van der Waals surface area contributed by atoms with Crippen LogP contribution >= 0.6 is 11.3 Å². The molecule has 1 saturated carbocycles. The van der Waals surface area contributed by atoms with E-state index in [1.165, 1.54) is 0 Å². The van der Waals surface area contributed by atoms with Crippen LogP contribution in [0.3, 0.4) is 0 Å². The summed E-state index contributed by atoms with van der Waals surface area (Å²) >= 11 is 1.63. The number of esters is 1. The lowest BCUT2D eigenvalue weighted by molar-refractivity contribution is -0.156. The fourth-order valence-electron chi connectivity index (χ4n) is 3.65. The Balaban J connectivity index is 1.47. The number of nitrogens with zero attached hydrogens (tertiary/aromatic N) is 2. The summed E-state index contributed by atoms with van der Waals surface area (Å²) in [7, 11) is 0. The maximum Gasteiger partial charge on any atom is 0.306 e. The monoisotopic (exact) mass is 398 g/mol. The Hall–Kier alpha value is -2.41. The lowest BCUT2D eigenvalue weighted by Crippen LogP contribution is -2.37. The van der Waals surface area contributed by atoms with E-state index in [1.54, 1.807) is 11.3 Å². The average Bonchev–Trinajstić information content (AvgIpc) is 3.19. The summed E-state index contributed by atoms with van der Waals surface area (Å²) in [5.41, 5.74) is 3.56. The van der Waals surface area contributed by atoms with Gasteiger partial charge in [0, 0.05) is 41.3 Å². The van der Waals surface area contributed by atoms with Crippen LogP contribution in [-0.2, 0) is 9.53 Å². The van der Waals surface area contributed by atoms with Gasteiger partial charge in [-0.05, 0) is 52.5 Å². The second-order valence-corrected chi connectivity index (χ2v) is 9.41. The van der Waals surface area contributed by atoms with Gasteiger partial charge < -0.3 is 15.0 Å². The van der Waals surface area contributed by atoms with Gasteiger partial charge in [-0.25, -0.2) is 9.97 Å². The topological polar surface area (TPSA) is 79.9 Å². The van der Waals surface area contributed by atoms with Crippen molar-refractivity contribution in [3.63, 3.8) is 0 Å². The molecule has 1 fully saturated rings. The Kier molecular flexibility index (Phi) is 4.87. The van der Waals surface area contributed by atoms with Crippen molar-refractivity contribution in [3.8, 4) is 10.6 Å². The van der Waals surface area contributed by atoms with Crippen molar-refractivity contribution < 1.29 is 9.53 Å². The van der Waals surface area contributed by atoms with Crippen molar-refractivity contribution in [2.45, 2.75) is 58.6 Å². The highest BCUT2D eigenvalue weighted by Crippen LogP contribution is 2.39. The van der Waals surface area contributed by atoms with Crippen molar-refractivity contribution in [2.24, 2.45) is 5.92 Å². The molecule has 6 nitrogen and oxygen atoms in total. The standard InChI is InChI=1S/C21H26N4O2S/c1-12-11-28-20(24-12)16-10-23-19-15(5-6-22-19)18(16)25-14-7-13(8-14)9-17(26)27-21(2,3)4/h5-6,10-11,13-14H,7-9H2,1-4H3,(H2,22,23,25). The van der Waals surface area contributed by atoms with Crippen molar-refractivity contribution >= 4 is 34.0 Å². The number of fused-ring (bicyclic) bond motifs is 1. The van der Waals surface area contributed by atoms with Crippen LogP contribution in [-0.4, -0.2) is 32.6 Å². The number of carbonyl (C=O) groups excluding carboxylic acids is 1. The molecule has 2 N–H and O–H groups in total. The van der Waals surface area contributed by atoms with Crippen LogP contribution in [0.2, 0.25) is 0 Å². The first-order chi connectivity index (χ1) is 13.3. The second-order valence-electron chi connectivity index (χ2n) is 8.55. The quantitative estimate of drug-likeness (QED) is 0.597. The number of rotatable bonds is 5. The molecule has 3 heterocycles. The number of nitrogens with one attached hydrogen (secondary N) is 2. The van der Waals surface area contributed by atoms with Crippen molar-refractivity contribution in [1.29, 1.82) is 0 Å². The van der Waals surface area contributed by atoms with Gasteiger partial charge in [0.05, 0.1) is 11.3 Å². The van der Waals surface area contributed by atoms with Gasteiger partial charge in [0.1, 0.15) is 16.3 Å². The van der Waals surface area contributed by atoms with Crippen LogP contribution in [0.25, 0.3) is 21.6 Å². The van der Waals surface area contributed by atoms with E-state index in [2.05, 4.69) is 25.6 Å². The molecule has 0 spiro atoms. The van der Waals surface area contributed by atoms with Gasteiger partial charge in [-0.2, -0.15) is 0 Å². The molecule has 0 saturated heterocycles. The van der Waals surface area contributed by atoms with Gasteiger partial charge in [-0.15, -0.1) is 11.3 Å².